The largest absolute Gasteiger partial charge is 0.323 e. The first kappa shape index (κ1) is 13.4. The minimum atomic E-state index is -0.657. The summed E-state index contributed by atoms with van der Waals surface area (Å²) in [5.41, 5.74) is -0.125. The zero-order chi connectivity index (χ0) is 13.3. The average molecular weight is 319 g/mol. The topological polar surface area (TPSA) is 41.1 Å². The number of amides is 1. The highest BCUT2D eigenvalue weighted by Crippen LogP contribution is 2.25. The maximum Gasteiger partial charge on any atom is 0.229 e. The lowest BCUT2D eigenvalue weighted by atomic mass is 9.97. The van der Waals surface area contributed by atoms with Gasteiger partial charge in [0.1, 0.15) is 11.6 Å². The number of nitrogens with one attached hydrogen (secondary N) is 2. The SMILES string of the molecule is CC1CNCC1C(=O)Nc1cc(F)c(Br)cc1F. The summed E-state index contributed by atoms with van der Waals surface area (Å²) in [6, 6.07) is 1.98. The van der Waals surface area contributed by atoms with Gasteiger partial charge >= 0.3 is 0 Å². The third-order valence-corrected chi connectivity index (χ3v) is 3.73. The van der Waals surface area contributed by atoms with Crippen LogP contribution in [0.3, 0.4) is 0 Å². The Labute approximate surface area is 112 Å². The lowest BCUT2D eigenvalue weighted by molar-refractivity contribution is -0.120. The molecule has 1 fully saturated rings. The second-order valence-corrected chi connectivity index (χ2v) is 5.33. The van der Waals surface area contributed by atoms with Gasteiger partial charge in [-0.25, -0.2) is 8.78 Å². The summed E-state index contributed by atoms with van der Waals surface area (Å²) in [5, 5.41) is 5.52. The molecule has 3 nitrogen and oxygen atoms in total. The van der Waals surface area contributed by atoms with Crippen molar-refractivity contribution >= 4 is 27.5 Å². The number of rotatable bonds is 2. The van der Waals surface area contributed by atoms with Gasteiger partial charge in [-0.2, -0.15) is 0 Å². The highest BCUT2D eigenvalue weighted by Gasteiger charge is 2.30. The molecule has 1 aromatic rings. The zero-order valence-electron chi connectivity index (χ0n) is 9.77. The van der Waals surface area contributed by atoms with Gasteiger partial charge < -0.3 is 10.6 Å². The smallest absolute Gasteiger partial charge is 0.229 e. The van der Waals surface area contributed by atoms with Gasteiger partial charge in [0.2, 0.25) is 5.91 Å². The molecule has 2 N–H and O–H groups in total. The van der Waals surface area contributed by atoms with Crippen molar-refractivity contribution in [2.75, 3.05) is 18.4 Å². The molecule has 2 unspecified atom stereocenters. The van der Waals surface area contributed by atoms with Crippen molar-refractivity contribution < 1.29 is 13.6 Å². The maximum absolute atomic E-state index is 13.5. The molecule has 0 bridgehead atoms. The second kappa shape index (κ2) is 5.32. The number of carbonyl (C=O) groups is 1. The van der Waals surface area contributed by atoms with E-state index in [1.54, 1.807) is 0 Å². The highest BCUT2D eigenvalue weighted by molar-refractivity contribution is 9.10. The molecular weight excluding hydrogens is 306 g/mol. The Hall–Kier alpha value is -1.01. The zero-order valence-corrected chi connectivity index (χ0v) is 11.4. The fourth-order valence-corrected chi connectivity index (χ4v) is 2.32. The van der Waals surface area contributed by atoms with E-state index in [0.29, 0.717) is 6.54 Å². The van der Waals surface area contributed by atoms with Crippen LogP contribution in [-0.2, 0) is 4.79 Å². The van der Waals surface area contributed by atoms with Gasteiger partial charge in [0.25, 0.3) is 0 Å². The molecule has 1 amide bonds. The van der Waals surface area contributed by atoms with Gasteiger partial charge in [0.05, 0.1) is 16.1 Å². The van der Waals surface area contributed by atoms with Crippen LogP contribution in [0.4, 0.5) is 14.5 Å². The molecule has 2 rings (SSSR count). The van der Waals surface area contributed by atoms with Crippen LogP contribution in [0.1, 0.15) is 6.92 Å². The Morgan fingerprint density at radius 1 is 1.39 bits per heavy atom. The maximum atomic E-state index is 13.5. The predicted octanol–water partition coefficient (Wildman–Crippen LogP) is 2.52. The summed E-state index contributed by atoms with van der Waals surface area (Å²) in [4.78, 5) is 11.9. The van der Waals surface area contributed by atoms with Crippen LogP contribution in [0, 0.1) is 23.5 Å². The van der Waals surface area contributed by atoms with E-state index in [0.717, 1.165) is 18.7 Å². The third kappa shape index (κ3) is 2.70. The monoisotopic (exact) mass is 318 g/mol. The van der Waals surface area contributed by atoms with Crippen molar-refractivity contribution in [1.82, 2.24) is 5.32 Å². The summed E-state index contributed by atoms with van der Waals surface area (Å²) in [5.74, 6) is -1.57. The number of hydrogen-bond acceptors (Lipinski definition) is 2. The van der Waals surface area contributed by atoms with E-state index in [1.165, 1.54) is 0 Å². The first-order chi connectivity index (χ1) is 8.49. The lowest BCUT2D eigenvalue weighted by Gasteiger charge is -2.14. The highest BCUT2D eigenvalue weighted by atomic mass is 79.9. The molecule has 0 spiro atoms. The average Bonchev–Trinajstić information content (AvgIpc) is 2.72. The number of halogens is 3. The minimum absolute atomic E-state index is 0.0360. The summed E-state index contributed by atoms with van der Waals surface area (Å²) in [6.45, 7) is 3.27. The van der Waals surface area contributed by atoms with Gasteiger partial charge in [0.15, 0.2) is 0 Å². The van der Waals surface area contributed by atoms with E-state index in [2.05, 4.69) is 26.6 Å². The van der Waals surface area contributed by atoms with Gasteiger partial charge in [-0.15, -0.1) is 0 Å². The van der Waals surface area contributed by atoms with Crippen molar-refractivity contribution in [3.05, 3.63) is 28.2 Å². The summed E-state index contributed by atoms with van der Waals surface area (Å²) in [7, 11) is 0. The fourth-order valence-electron chi connectivity index (χ4n) is 2.00. The Bertz CT molecular complexity index is 481. The molecule has 2 atom stereocenters. The predicted molar refractivity (Wildman–Crippen MR) is 68.2 cm³/mol. The van der Waals surface area contributed by atoms with E-state index in [4.69, 9.17) is 0 Å². The molecular formula is C12H13BrF2N2O. The Morgan fingerprint density at radius 3 is 2.72 bits per heavy atom. The molecule has 1 aliphatic rings. The fraction of sp³-hybridized carbons (Fsp3) is 0.417. The molecule has 1 heterocycles. The third-order valence-electron chi connectivity index (χ3n) is 3.12. The van der Waals surface area contributed by atoms with E-state index in [1.807, 2.05) is 6.92 Å². The Kier molecular flexibility index (Phi) is 3.97. The molecule has 0 radical (unpaired) electrons. The molecule has 0 aromatic heterocycles. The van der Waals surface area contributed by atoms with Crippen LogP contribution in [0.5, 0.6) is 0 Å². The van der Waals surface area contributed by atoms with Crippen molar-refractivity contribution in [1.29, 1.82) is 0 Å². The van der Waals surface area contributed by atoms with Gasteiger partial charge in [-0.05, 0) is 34.5 Å². The van der Waals surface area contributed by atoms with Gasteiger partial charge in [-0.3, -0.25) is 4.79 Å². The number of hydrogen-bond donors (Lipinski definition) is 2. The van der Waals surface area contributed by atoms with Crippen molar-refractivity contribution in [3.8, 4) is 0 Å². The molecule has 18 heavy (non-hydrogen) atoms. The quantitative estimate of drug-likeness (QED) is 0.823. The van der Waals surface area contributed by atoms with E-state index in [9.17, 15) is 13.6 Å². The van der Waals surface area contributed by atoms with E-state index < -0.39 is 11.6 Å². The number of carbonyl (C=O) groups excluding carboxylic acids is 1. The van der Waals surface area contributed by atoms with Crippen molar-refractivity contribution in [2.45, 2.75) is 6.92 Å². The number of anilines is 1. The van der Waals surface area contributed by atoms with Crippen LogP contribution in [0.25, 0.3) is 0 Å². The first-order valence-corrected chi connectivity index (χ1v) is 6.44. The first-order valence-electron chi connectivity index (χ1n) is 5.65. The Morgan fingerprint density at radius 2 is 2.11 bits per heavy atom. The molecule has 1 aliphatic heterocycles. The normalized spacial score (nSPS) is 23.1. The van der Waals surface area contributed by atoms with Crippen LogP contribution >= 0.6 is 15.9 Å². The molecule has 1 saturated heterocycles. The molecule has 98 valence electrons. The molecule has 0 aliphatic carbocycles. The van der Waals surface area contributed by atoms with Crippen molar-refractivity contribution in [3.63, 3.8) is 0 Å². The lowest BCUT2D eigenvalue weighted by Crippen LogP contribution is -2.28. The van der Waals surface area contributed by atoms with Crippen LogP contribution in [0.15, 0.2) is 16.6 Å². The van der Waals surface area contributed by atoms with Crippen molar-refractivity contribution in [2.24, 2.45) is 11.8 Å². The Balaban J connectivity index is 2.14. The van der Waals surface area contributed by atoms with Gasteiger partial charge in [0, 0.05) is 12.6 Å². The van der Waals surface area contributed by atoms with E-state index >= 15 is 0 Å². The summed E-state index contributed by atoms with van der Waals surface area (Å²) in [6.07, 6.45) is 0. The summed E-state index contributed by atoms with van der Waals surface area (Å²) >= 11 is 2.88. The van der Waals surface area contributed by atoms with E-state index in [-0.39, 0.29) is 27.9 Å². The summed E-state index contributed by atoms with van der Waals surface area (Å²) < 4.78 is 26.9. The number of benzene rings is 1. The van der Waals surface area contributed by atoms with Crippen LogP contribution in [0.2, 0.25) is 0 Å². The second-order valence-electron chi connectivity index (χ2n) is 4.48. The van der Waals surface area contributed by atoms with Gasteiger partial charge in [-0.1, -0.05) is 6.92 Å². The molecule has 0 saturated carbocycles. The molecule has 6 heteroatoms. The van der Waals surface area contributed by atoms with Crippen LogP contribution < -0.4 is 10.6 Å². The standard InChI is InChI=1S/C12H13BrF2N2O/c1-6-4-16-5-7(6)12(18)17-11-3-9(14)8(13)2-10(11)15/h2-3,6-7,16H,4-5H2,1H3,(H,17,18). The molecule has 1 aromatic carbocycles. The minimum Gasteiger partial charge on any atom is -0.323 e. The van der Waals surface area contributed by atoms with Crippen LogP contribution in [-0.4, -0.2) is 19.0 Å².